The molecular formula is C45H83O11P. The van der Waals surface area contributed by atoms with Crippen molar-refractivity contribution in [2.75, 3.05) is 13.2 Å². The maximum absolute atomic E-state index is 12.5. The number of carbonyl (C=O) groups is 3. The van der Waals surface area contributed by atoms with Gasteiger partial charge in [0, 0.05) is 31.1 Å². The molecule has 0 aromatic carbocycles. The van der Waals surface area contributed by atoms with Gasteiger partial charge >= 0.3 is 19.8 Å². The number of hydrogen-bond donors (Lipinski definition) is 4. The predicted molar refractivity (Wildman–Crippen MR) is 226 cm³/mol. The number of ketones is 1. The summed E-state index contributed by atoms with van der Waals surface area (Å²) < 4.78 is 26.5. The van der Waals surface area contributed by atoms with Gasteiger partial charge in [-0.2, -0.15) is 0 Å². The van der Waals surface area contributed by atoms with Crippen LogP contribution in [-0.2, 0) is 32.9 Å². The van der Waals surface area contributed by atoms with Gasteiger partial charge < -0.3 is 29.5 Å². The van der Waals surface area contributed by atoms with Gasteiger partial charge in [-0.1, -0.05) is 180 Å². The lowest BCUT2D eigenvalue weighted by Gasteiger charge is -2.19. The van der Waals surface area contributed by atoms with Crippen LogP contribution in [0.2, 0.25) is 0 Å². The molecule has 0 bridgehead atoms. The molecule has 1 aliphatic carbocycles. The van der Waals surface area contributed by atoms with Crippen molar-refractivity contribution < 1.29 is 52.9 Å². The van der Waals surface area contributed by atoms with Gasteiger partial charge in [-0.3, -0.25) is 18.9 Å². The fourth-order valence-electron chi connectivity index (χ4n) is 7.68. The van der Waals surface area contributed by atoms with Crippen molar-refractivity contribution in [1.29, 1.82) is 0 Å². The van der Waals surface area contributed by atoms with E-state index in [2.05, 4.69) is 18.4 Å². The van der Waals surface area contributed by atoms with Crippen molar-refractivity contribution >= 4 is 25.5 Å². The number of carbonyl (C=O) groups excluding carboxylic acids is 3. The van der Waals surface area contributed by atoms with Crippen molar-refractivity contribution in [2.45, 2.75) is 231 Å². The van der Waals surface area contributed by atoms with Gasteiger partial charge in [0.2, 0.25) is 0 Å². The molecule has 0 saturated heterocycles. The maximum atomic E-state index is 12.5. The fraction of sp³-hybridized carbons (Fsp3) is 0.889. The van der Waals surface area contributed by atoms with Crippen LogP contribution in [0.25, 0.3) is 0 Å². The predicted octanol–water partition coefficient (Wildman–Crippen LogP) is 10.8. The van der Waals surface area contributed by atoms with Crippen LogP contribution in [0.15, 0.2) is 12.2 Å². The number of phosphoric acid groups is 1. The third-order valence-corrected chi connectivity index (χ3v) is 11.7. The Balaban J connectivity index is 2.19. The molecule has 1 fully saturated rings. The van der Waals surface area contributed by atoms with E-state index in [0.29, 0.717) is 32.1 Å². The standard InChI is InChI=1S/C45H83O11P/c1-3-5-7-8-9-10-11-12-13-14-15-16-17-18-19-20-21-22-27-31-44(49)54-36-39(37-55-57(51,52)53)56-45(50)32-28-24-23-26-30-40-41(43(48)35-42(40)47)34-33-38(46)29-25-6-4-2/h33-34,38-41,43,46,48H,3-32,35-37H2,1-2H3,(H2,51,52,53)/b34-33+/t38-,39+,40+,41+,43+/m0/s1. The van der Waals surface area contributed by atoms with E-state index in [9.17, 15) is 29.2 Å². The number of ether oxygens (including phenoxy) is 2. The summed E-state index contributed by atoms with van der Waals surface area (Å²) in [6.45, 7) is 3.42. The van der Waals surface area contributed by atoms with Crippen LogP contribution >= 0.6 is 7.82 Å². The lowest BCUT2D eigenvalue weighted by molar-refractivity contribution is -0.161. The number of unbranched alkanes of at least 4 members (excludes halogenated alkanes) is 23. The minimum absolute atomic E-state index is 0.0380. The minimum atomic E-state index is -4.82. The zero-order valence-corrected chi connectivity index (χ0v) is 36.9. The average Bonchev–Trinajstić information content (AvgIpc) is 3.44. The Hall–Kier alpha value is -1.62. The molecule has 0 radical (unpaired) electrons. The van der Waals surface area contributed by atoms with E-state index in [-0.39, 0.29) is 43.5 Å². The monoisotopic (exact) mass is 831 g/mol. The Morgan fingerprint density at radius 2 is 1.14 bits per heavy atom. The molecule has 1 aliphatic rings. The van der Waals surface area contributed by atoms with E-state index in [0.717, 1.165) is 51.4 Å². The number of esters is 2. The van der Waals surface area contributed by atoms with E-state index in [1.807, 2.05) is 0 Å². The molecule has 0 spiro atoms. The SMILES string of the molecule is CCCCCCCCCCCCCCCCCCCCCC(=O)OC[C@H](COP(=O)(O)O)OC(=O)CCCCCC[C@H]1C(=O)C[C@@H](O)[C@@H]1/C=C/[C@@H](O)CCCCC. The molecule has 334 valence electrons. The van der Waals surface area contributed by atoms with E-state index in [1.54, 1.807) is 12.2 Å². The van der Waals surface area contributed by atoms with Crippen LogP contribution in [0.4, 0.5) is 0 Å². The highest BCUT2D eigenvalue weighted by Gasteiger charge is 2.39. The zero-order valence-electron chi connectivity index (χ0n) is 36.0. The molecule has 0 aromatic rings. The lowest BCUT2D eigenvalue weighted by atomic mass is 9.88. The van der Waals surface area contributed by atoms with E-state index < -0.39 is 44.7 Å². The Bertz CT molecular complexity index is 1090. The number of hydrogen-bond acceptors (Lipinski definition) is 9. The third-order valence-electron chi connectivity index (χ3n) is 11.2. The molecule has 1 rings (SSSR count). The molecule has 12 heteroatoms. The van der Waals surface area contributed by atoms with Gasteiger partial charge in [0.1, 0.15) is 12.4 Å². The molecule has 0 aliphatic heterocycles. The zero-order chi connectivity index (χ0) is 42.0. The molecule has 5 atom stereocenters. The number of Topliss-reactive ketones (excluding diaryl/α,β-unsaturated/α-hetero) is 1. The van der Waals surface area contributed by atoms with Crippen molar-refractivity contribution in [3.8, 4) is 0 Å². The minimum Gasteiger partial charge on any atom is -0.462 e. The fourth-order valence-corrected chi connectivity index (χ4v) is 8.04. The van der Waals surface area contributed by atoms with Gasteiger partial charge in [0.15, 0.2) is 6.10 Å². The molecule has 11 nitrogen and oxygen atoms in total. The van der Waals surface area contributed by atoms with Crippen molar-refractivity contribution in [2.24, 2.45) is 11.8 Å². The van der Waals surface area contributed by atoms with Crippen LogP contribution in [-0.4, -0.2) is 69.2 Å². The molecular weight excluding hydrogens is 747 g/mol. The van der Waals surface area contributed by atoms with Crippen LogP contribution in [0.1, 0.15) is 213 Å². The molecule has 4 N–H and O–H groups in total. The van der Waals surface area contributed by atoms with Crippen molar-refractivity contribution in [1.82, 2.24) is 0 Å². The van der Waals surface area contributed by atoms with Crippen LogP contribution in [0.5, 0.6) is 0 Å². The first-order chi connectivity index (χ1) is 27.5. The lowest BCUT2D eigenvalue weighted by Crippen LogP contribution is -2.29. The molecule has 57 heavy (non-hydrogen) atoms. The second kappa shape index (κ2) is 35.2. The van der Waals surface area contributed by atoms with Gasteiger partial charge in [0.25, 0.3) is 0 Å². The van der Waals surface area contributed by atoms with Crippen LogP contribution in [0, 0.1) is 11.8 Å². The quantitative estimate of drug-likeness (QED) is 0.0201. The number of aliphatic hydroxyl groups is 2. The van der Waals surface area contributed by atoms with Gasteiger partial charge in [0.05, 0.1) is 18.8 Å². The topological polar surface area (TPSA) is 177 Å². The van der Waals surface area contributed by atoms with Crippen molar-refractivity contribution in [3.05, 3.63) is 12.2 Å². The van der Waals surface area contributed by atoms with Crippen LogP contribution < -0.4 is 0 Å². The maximum Gasteiger partial charge on any atom is 0.469 e. The van der Waals surface area contributed by atoms with E-state index in [4.69, 9.17) is 19.3 Å². The Kier molecular flexibility index (Phi) is 32.9. The van der Waals surface area contributed by atoms with Crippen LogP contribution in [0.3, 0.4) is 0 Å². The highest BCUT2D eigenvalue weighted by Crippen LogP contribution is 2.36. The normalized spacial score (nSPS) is 18.4. The second-order valence-corrected chi connectivity index (χ2v) is 17.8. The Morgan fingerprint density at radius 3 is 1.65 bits per heavy atom. The molecule has 0 unspecified atom stereocenters. The smallest absolute Gasteiger partial charge is 0.462 e. The van der Waals surface area contributed by atoms with E-state index in [1.165, 1.54) is 96.3 Å². The summed E-state index contributed by atoms with van der Waals surface area (Å²) in [5.41, 5.74) is 0. The highest BCUT2D eigenvalue weighted by molar-refractivity contribution is 7.46. The molecule has 1 saturated carbocycles. The van der Waals surface area contributed by atoms with E-state index >= 15 is 0 Å². The summed E-state index contributed by atoms with van der Waals surface area (Å²) in [6, 6.07) is 0. The largest absolute Gasteiger partial charge is 0.469 e. The summed E-state index contributed by atoms with van der Waals surface area (Å²) in [6.07, 6.45) is 32.6. The second-order valence-electron chi connectivity index (χ2n) is 16.5. The van der Waals surface area contributed by atoms with Gasteiger partial charge in [-0.15, -0.1) is 0 Å². The number of phosphoric ester groups is 1. The first kappa shape index (κ1) is 53.4. The summed E-state index contributed by atoms with van der Waals surface area (Å²) >= 11 is 0. The summed E-state index contributed by atoms with van der Waals surface area (Å²) in [5, 5.41) is 20.7. The molecule has 0 amide bonds. The average molecular weight is 831 g/mol. The summed E-state index contributed by atoms with van der Waals surface area (Å²) in [7, 11) is -4.82. The van der Waals surface area contributed by atoms with Crippen molar-refractivity contribution in [3.63, 3.8) is 0 Å². The Morgan fingerprint density at radius 1 is 0.684 bits per heavy atom. The summed E-state index contributed by atoms with van der Waals surface area (Å²) in [4.78, 5) is 55.7. The third kappa shape index (κ3) is 31.0. The van der Waals surface area contributed by atoms with Gasteiger partial charge in [-0.25, -0.2) is 4.57 Å². The highest BCUT2D eigenvalue weighted by atomic mass is 31.2. The Labute approximate surface area is 346 Å². The number of rotatable bonds is 39. The van der Waals surface area contributed by atoms with Gasteiger partial charge in [-0.05, 0) is 25.7 Å². The first-order valence-electron chi connectivity index (χ1n) is 23.1. The molecule has 0 heterocycles. The molecule has 0 aromatic heterocycles. The first-order valence-corrected chi connectivity index (χ1v) is 24.6. The summed E-state index contributed by atoms with van der Waals surface area (Å²) in [5.74, 6) is -1.58. The number of aliphatic hydroxyl groups excluding tert-OH is 2.